The number of oxime groups is 1. The normalized spacial score (nSPS) is 52.8. The Morgan fingerprint density at radius 2 is 1.86 bits per heavy atom. The van der Waals surface area contributed by atoms with Crippen molar-refractivity contribution in [3.8, 4) is 0 Å². The van der Waals surface area contributed by atoms with E-state index in [0.29, 0.717) is 16.7 Å². The van der Waals surface area contributed by atoms with E-state index in [2.05, 4.69) is 19.0 Å². The molecule has 0 spiro atoms. The van der Waals surface area contributed by atoms with Crippen LogP contribution in [0.4, 0.5) is 0 Å². The van der Waals surface area contributed by atoms with Crippen molar-refractivity contribution in [1.29, 1.82) is 0 Å². The molecule has 2 heteroatoms. The molecule has 2 nitrogen and oxygen atoms in total. The van der Waals surface area contributed by atoms with Crippen LogP contribution in [0.3, 0.4) is 0 Å². The average molecular weight is 303 g/mol. The molecule has 0 unspecified atom stereocenters. The fourth-order valence-corrected chi connectivity index (χ4v) is 7.30. The van der Waals surface area contributed by atoms with E-state index in [4.69, 9.17) is 4.84 Å². The van der Waals surface area contributed by atoms with Crippen LogP contribution >= 0.6 is 0 Å². The molecule has 124 valence electrons. The number of rotatable bonds is 1. The molecular weight excluding hydrogens is 270 g/mol. The second-order valence-electron chi connectivity index (χ2n) is 9.23. The van der Waals surface area contributed by atoms with Crippen molar-refractivity contribution in [2.45, 2.75) is 78.1 Å². The van der Waals surface area contributed by atoms with Gasteiger partial charge in [-0.2, -0.15) is 0 Å². The maximum absolute atomic E-state index is 5.22. The highest BCUT2D eigenvalue weighted by Crippen LogP contribution is 2.65. The summed E-state index contributed by atoms with van der Waals surface area (Å²) in [6, 6.07) is 0. The first-order chi connectivity index (χ1) is 10.6. The smallest absolute Gasteiger partial charge is 0.106 e. The van der Waals surface area contributed by atoms with Crippen LogP contribution in [0.2, 0.25) is 0 Å². The summed E-state index contributed by atoms with van der Waals surface area (Å²) in [6.45, 7) is 5.19. The van der Waals surface area contributed by atoms with Crippen LogP contribution in [-0.2, 0) is 4.84 Å². The lowest BCUT2D eigenvalue weighted by molar-refractivity contribution is -0.0911. The van der Waals surface area contributed by atoms with E-state index in [-0.39, 0.29) is 0 Å². The molecule has 4 rings (SSSR count). The monoisotopic (exact) mass is 303 g/mol. The summed E-state index contributed by atoms with van der Waals surface area (Å²) in [5.74, 6) is 3.56. The van der Waals surface area contributed by atoms with E-state index in [1.807, 2.05) is 0 Å². The molecule has 0 N–H and O–H groups in total. The predicted molar refractivity (Wildman–Crippen MR) is 90.8 cm³/mol. The van der Waals surface area contributed by atoms with Crippen LogP contribution in [0.1, 0.15) is 78.1 Å². The minimum Gasteiger partial charge on any atom is -0.399 e. The molecule has 0 heterocycles. The lowest BCUT2D eigenvalue weighted by Crippen LogP contribution is -2.53. The Balaban J connectivity index is 1.68. The van der Waals surface area contributed by atoms with E-state index in [1.165, 1.54) is 69.9 Å². The Morgan fingerprint density at radius 1 is 1.00 bits per heavy atom. The van der Waals surface area contributed by atoms with E-state index in [1.54, 1.807) is 7.11 Å². The van der Waals surface area contributed by atoms with Crippen LogP contribution in [0.25, 0.3) is 0 Å². The SMILES string of the molecule is CO/N=C1\CC[C@@]2(C)CC[C@H]3[C@@H](CC[C@H]4CCCC[C@@]43C)[C@H]12. The molecule has 0 aromatic heterocycles. The van der Waals surface area contributed by atoms with Gasteiger partial charge in [0.05, 0.1) is 5.71 Å². The summed E-state index contributed by atoms with van der Waals surface area (Å²) in [6.07, 6.45) is 14.3. The topological polar surface area (TPSA) is 21.6 Å². The van der Waals surface area contributed by atoms with Crippen molar-refractivity contribution < 1.29 is 4.84 Å². The van der Waals surface area contributed by atoms with Gasteiger partial charge in [-0.3, -0.25) is 0 Å². The minimum absolute atomic E-state index is 0.510. The molecule has 0 aromatic rings. The molecule has 0 amide bonds. The summed E-state index contributed by atoms with van der Waals surface area (Å²) in [5.41, 5.74) is 2.54. The number of fused-ring (bicyclic) bond motifs is 5. The fourth-order valence-electron chi connectivity index (χ4n) is 7.30. The summed E-state index contributed by atoms with van der Waals surface area (Å²) >= 11 is 0. The van der Waals surface area contributed by atoms with E-state index >= 15 is 0 Å². The zero-order chi connectivity index (χ0) is 15.4. The van der Waals surface area contributed by atoms with Crippen LogP contribution in [0.5, 0.6) is 0 Å². The first-order valence-electron chi connectivity index (χ1n) is 9.68. The molecule has 22 heavy (non-hydrogen) atoms. The second-order valence-corrected chi connectivity index (χ2v) is 9.23. The number of nitrogens with zero attached hydrogens (tertiary/aromatic N) is 1. The quantitative estimate of drug-likeness (QED) is 0.593. The fraction of sp³-hybridized carbons (Fsp3) is 0.950. The van der Waals surface area contributed by atoms with Gasteiger partial charge < -0.3 is 4.84 Å². The van der Waals surface area contributed by atoms with Crippen LogP contribution in [0, 0.1) is 34.5 Å². The zero-order valence-electron chi connectivity index (χ0n) is 14.7. The molecule has 4 aliphatic rings. The second kappa shape index (κ2) is 5.24. The summed E-state index contributed by atoms with van der Waals surface area (Å²) in [5, 5.41) is 4.49. The molecular formula is C20H33NO. The van der Waals surface area contributed by atoms with Gasteiger partial charge in [-0.15, -0.1) is 0 Å². The molecule has 0 aromatic carbocycles. The molecule has 4 fully saturated rings. The summed E-state index contributed by atoms with van der Waals surface area (Å²) in [7, 11) is 1.72. The zero-order valence-corrected chi connectivity index (χ0v) is 14.7. The molecule has 0 radical (unpaired) electrons. The largest absolute Gasteiger partial charge is 0.399 e. The van der Waals surface area contributed by atoms with Crippen LogP contribution in [-0.4, -0.2) is 12.8 Å². The Hall–Kier alpha value is -0.530. The highest BCUT2D eigenvalue weighted by Gasteiger charge is 2.59. The molecule has 4 saturated carbocycles. The molecule has 0 saturated heterocycles. The molecule has 0 aliphatic heterocycles. The standard InChI is InChI=1S/C20H33NO/c1-19-12-9-16-15(18(19)17(10-13-19)21-22-3)8-7-14-6-4-5-11-20(14,16)2/h14-16,18H,4-13H2,1-3H3/b21-17+/t14-,15-,16+,18-,19-,20+/m1/s1. The lowest BCUT2D eigenvalue weighted by atomic mass is 9.45. The maximum Gasteiger partial charge on any atom is 0.106 e. The number of hydrogen-bond donors (Lipinski definition) is 0. The maximum atomic E-state index is 5.22. The van der Waals surface area contributed by atoms with E-state index in [0.717, 1.165) is 17.8 Å². The van der Waals surface area contributed by atoms with Crippen molar-refractivity contribution in [3.05, 3.63) is 0 Å². The highest BCUT2D eigenvalue weighted by molar-refractivity contribution is 5.89. The van der Waals surface area contributed by atoms with Crippen LogP contribution in [0.15, 0.2) is 5.16 Å². The summed E-state index contributed by atoms with van der Waals surface area (Å²) in [4.78, 5) is 5.22. The highest BCUT2D eigenvalue weighted by atomic mass is 16.6. The minimum atomic E-state index is 0.510. The Bertz CT molecular complexity index is 472. The van der Waals surface area contributed by atoms with Crippen LogP contribution < -0.4 is 0 Å². The third kappa shape index (κ3) is 2.01. The van der Waals surface area contributed by atoms with Gasteiger partial charge in [0.15, 0.2) is 0 Å². The Morgan fingerprint density at radius 3 is 2.68 bits per heavy atom. The van der Waals surface area contributed by atoms with Crippen molar-refractivity contribution in [2.75, 3.05) is 7.11 Å². The van der Waals surface area contributed by atoms with Crippen molar-refractivity contribution in [3.63, 3.8) is 0 Å². The Labute approximate surface area is 136 Å². The van der Waals surface area contributed by atoms with Gasteiger partial charge in [-0.05, 0) is 80.0 Å². The van der Waals surface area contributed by atoms with Crippen molar-refractivity contribution in [1.82, 2.24) is 0 Å². The van der Waals surface area contributed by atoms with Crippen molar-refractivity contribution in [2.24, 2.45) is 39.7 Å². The first kappa shape index (κ1) is 15.0. The van der Waals surface area contributed by atoms with Gasteiger partial charge in [0.1, 0.15) is 7.11 Å². The Kier molecular flexibility index (Phi) is 3.58. The molecule has 4 aliphatic carbocycles. The first-order valence-corrected chi connectivity index (χ1v) is 9.68. The van der Waals surface area contributed by atoms with Gasteiger partial charge in [0.2, 0.25) is 0 Å². The van der Waals surface area contributed by atoms with E-state index in [9.17, 15) is 0 Å². The third-order valence-corrected chi connectivity index (χ3v) is 8.39. The molecule has 6 atom stereocenters. The van der Waals surface area contributed by atoms with Gasteiger partial charge in [-0.25, -0.2) is 0 Å². The third-order valence-electron chi connectivity index (χ3n) is 8.39. The van der Waals surface area contributed by atoms with Gasteiger partial charge >= 0.3 is 0 Å². The summed E-state index contributed by atoms with van der Waals surface area (Å²) < 4.78 is 0. The predicted octanol–water partition coefficient (Wildman–Crippen LogP) is 5.42. The number of hydrogen-bond acceptors (Lipinski definition) is 2. The average Bonchev–Trinajstić information content (AvgIpc) is 2.84. The van der Waals surface area contributed by atoms with E-state index < -0.39 is 0 Å². The van der Waals surface area contributed by atoms with Gasteiger partial charge in [0, 0.05) is 5.92 Å². The van der Waals surface area contributed by atoms with Gasteiger partial charge in [-0.1, -0.05) is 31.8 Å². The lowest BCUT2D eigenvalue weighted by Gasteiger charge is -2.59. The van der Waals surface area contributed by atoms with Gasteiger partial charge in [0.25, 0.3) is 0 Å². The molecule has 0 bridgehead atoms. The van der Waals surface area contributed by atoms with Crippen molar-refractivity contribution >= 4 is 5.71 Å².